The molecule has 1 heterocycles. The van der Waals surface area contributed by atoms with Crippen molar-refractivity contribution in [2.24, 2.45) is 0 Å². The van der Waals surface area contributed by atoms with E-state index < -0.39 is 40.9 Å². The summed E-state index contributed by atoms with van der Waals surface area (Å²) >= 11 is 0. The number of nitro groups is 1. The van der Waals surface area contributed by atoms with E-state index in [4.69, 9.17) is 4.84 Å². The fourth-order valence-electron chi connectivity index (χ4n) is 5.90. The maximum absolute atomic E-state index is 13.9. The van der Waals surface area contributed by atoms with Crippen molar-refractivity contribution in [3.63, 3.8) is 0 Å². The Labute approximate surface area is 204 Å². The lowest BCUT2D eigenvalue weighted by molar-refractivity contribution is -0.387. The third-order valence-electron chi connectivity index (χ3n) is 7.58. The first kappa shape index (κ1) is 26.5. The molecule has 0 aromatic heterocycles. The summed E-state index contributed by atoms with van der Waals surface area (Å²) in [4.78, 5) is 16.8. The van der Waals surface area contributed by atoms with Gasteiger partial charge in [-0.25, -0.2) is 8.42 Å². The molecule has 186 valence electrons. The van der Waals surface area contributed by atoms with Gasteiger partial charge in [-0.1, -0.05) is 105 Å². The Bertz CT molecular complexity index is 1080. The molecule has 2 atom stereocenters. The lowest BCUT2D eigenvalue weighted by Crippen LogP contribution is -2.49. The molecule has 0 aliphatic carbocycles. The molecule has 0 N–H and O–H groups in total. The SMILES string of the molecule is CC(C)[Si](C[C@@H]1C[C@@H](c2ccccc2)ON1S(=O)(=O)c1ccccc1[N+](=O)[O-])(C(C)C)C(C)C. The van der Waals surface area contributed by atoms with Gasteiger partial charge in [0.05, 0.1) is 19.0 Å². The molecule has 1 aliphatic heterocycles. The molecule has 2 aromatic rings. The quantitative estimate of drug-likeness (QED) is 0.215. The average Bonchev–Trinajstić information content (AvgIpc) is 3.22. The van der Waals surface area contributed by atoms with Gasteiger partial charge in [0.2, 0.25) is 0 Å². The standard InChI is InChI=1S/C25H36N2O5SSi/c1-18(2)34(19(3)4,20(5)6)17-22-16-24(21-12-8-7-9-13-21)32-27(22)33(30,31)25-15-11-10-14-23(25)26(28)29/h7-15,18-20,22,24H,16-17H2,1-6H3/t22-,24-/m0/s1. The second kappa shape index (κ2) is 10.3. The monoisotopic (exact) mass is 504 g/mol. The van der Waals surface area contributed by atoms with Crippen LogP contribution < -0.4 is 0 Å². The summed E-state index contributed by atoms with van der Waals surface area (Å²) in [6, 6.07) is 15.4. The van der Waals surface area contributed by atoms with Gasteiger partial charge in [0.25, 0.3) is 15.7 Å². The Balaban J connectivity index is 2.11. The minimum Gasteiger partial charge on any atom is -0.276 e. The van der Waals surface area contributed by atoms with Gasteiger partial charge in [0.1, 0.15) is 6.10 Å². The Kier molecular flexibility index (Phi) is 8.02. The highest BCUT2D eigenvalue weighted by atomic mass is 32.2. The van der Waals surface area contributed by atoms with Crippen molar-refractivity contribution in [1.29, 1.82) is 0 Å². The van der Waals surface area contributed by atoms with Gasteiger partial charge in [-0.3, -0.25) is 15.0 Å². The largest absolute Gasteiger partial charge is 0.289 e. The van der Waals surface area contributed by atoms with Crippen LogP contribution in [-0.4, -0.2) is 31.9 Å². The summed E-state index contributed by atoms with van der Waals surface area (Å²) in [7, 11) is -6.26. The van der Waals surface area contributed by atoms with E-state index in [-0.39, 0.29) is 4.90 Å². The van der Waals surface area contributed by atoms with Crippen molar-refractivity contribution in [3.8, 4) is 0 Å². The van der Waals surface area contributed by atoms with Crippen LogP contribution in [0.1, 0.15) is 59.6 Å². The number of hydrogen-bond acceptors (Lipinski definition) is 5. The normalized spacial score (nSPS) is 19.9. The van der Waals surface area contributed by atoms with Crippen LogP contribution in [0.25, 0.3) is 0 Å². The predicted molar refractivity (Wildman–Crippen MR) is 137 cm³/mol. The van der Waals surface area contributed by atoms with Crippen molar-refractivity contribution >= 4 is 23.8 Å². The van der Waals surface area contributed by atoms with Gasteiger partial charge in [0.15, 0.2) is 4.90 Å². The Morgan fingerprint density at radius 2 is 1.50 bits per heavy atom. The van der Waals surface area contributed by atoms with Gasteiger partial charge in [-0.05, 0) is 24.1 Å². The van der Waals surface area contributed by atoms with Gasteiger partial charge in [0, 0.05) is 6.07 Å². The second-order valence-electron chi connectivity index (χ2n) is 10.2. The molecular weight excluding hydrogens is 468 g/mol. The van der Waals surface area contributed by atoms with Crippen LogP contribution in [0.15, 0.2) is 59.5 Å². The molecule has 0 saturated carbocycles. The molecule has 1 fully saturated rings. The van der Waals surface area contributed by atoms with Crippen LogP contribution in [0.5, 0.6) is 0 Å². The number of para-hydroxylation sites is 1. The van der Waals surface area contributed by atoms with Gasteiger partial charge >= 0.3 is 0 Å². The highest BCUT2D eigenvalue weighted by Gasteiger charge is 2.51. The Morgan fingerprint density at radius 3 is 2.03 bits per heavy atom. The number of nitro benzene ring substituents is 1. The van der Waals surface area contributed by atoms with Crippen LogP contribution >= 0.6 is 0 Å². The van der Waals surface area contributed by atoms with Crippen LogP contribution in [-0.2, 0) is 14.9 Å². The summed E-state index contributed by atoms with van der Waals surface area (Å²) in [6.07, 6.45) is 0.0899. The van der Waals surface area contributed by atoms with Crippen LogP contribution in [0, 0.1) is 10.1 Å². The van der Waals surface area contributed by atoms with Gasteiger partial charge in [-0.2, -0.15) is 0 Å². The van der Waals surface area contributed by atoms with Crippen LogP contribution in [0.3, 0.4) is 0 Å². The van der Waals surface area contributed by atoms with Crippen LogP contribution in [0.2, 0.25) is 22.7 Å². The average molecular weight is 505 g/mol. The van der Waals surface area contributed by atoms with E-state index in [0.29, 0.717) is 23.0 Å². The molecule has 2 aromatic carbocycles. The first-order chi connectivity index (χ1) is 15.9. The van der Waals surface area contributed by atoms with E-state index in [9.17, 15) is 18.5 Å². The number of rotatable bonds is 9. The van der Waals surface area contributed by atoms with Gasteiger partial charge in [-0.15, -0.1) is 0 Å². The lowest BCUT2D eigenvalue weighted by atomic mass is 10.0. The molecule has 0 amide bonds. The Hall–Kier alpha value is -2.07. The fraction of sp³-hybridized carbons (Fsp3) is 0.520. The van der Waals surface area contributed by atoms with Crippen molar-refractivity contribution in [2.45, 2.75) is 87.7 Å². The molecule has 0 radical (unpaired) electrons. The zero-order chi connectivity index (χ0) is 25.3. The third kappa shape index (κ3) is 4.84. The third-order valence-corrected chi connectivity index (χ3v) is 17.0. The number of sulfonamides is 1. The van der Waals surface area contributed by atoms with E-state index >= 15 is 0 Å². The first-order valence-electron chi connectivity index (χ1n) is 11.9. The second-order valence-corrected chi connectivity index (χ2v) is 18.0. The molecule has 3 rings (SSSR count). The summed E-state index contributed by atoms with van der Waals surface area (Å²) in [5.41, 5.74) is 1.79. The van der Waals surface area contributed by atoms with E-state index in [1.165, 1.54) is 24.3 Å². The van der Waals surface area contributed by atoms with Gasteiger partial charge < -0.3 is 0 Å². The van der Waals surface area contributed by atoms with Crippen molar-refractivity contribution in [1.82, 2.24) is 4.47 Å². The number of benzene rings is 2. The molecule has 1 aliphatic rings. The summed E-state index contributed by atoms with van der Waals surface area (Å²) in [5, 5.41) is 11.6. The summed E-state index contributed by atoms with van der Waals surface area (Å²) < 4.78 is 28.8. The zero-order valence-electron chi connectivity index (χ0n) is 20.8. The molecule has 7 nitrogen and oxygen atoms in total. The topological polar surface area (TPSA) is 89.8 Å². The maximum Gasteiger partial charge on any atom is 0.289 e. The van der Waals surface area contributed by atoms with Crippen LogP contribution in [0.4, 0.5) is 5.69 Å². The van der Waals surface area contributed by atoms with E-state index in [0.717, 1.165) is 16.1 Å². The highest BCUT2D eigenvalue weighted by Crippen LogP contribution is 2.49. The molecule has 1 saturated heterocycles. The van der Waals surface area contributed by atoms with E-state index in [2.05, 4.69) is 41.5 Å². The predicted octanol–water partition coefficient (Wildman–Crippen LogP) is 6.71. The Morgan fingerprint density at radius 1 is 0.971 bits per heavy atom. The minimum atomic E-state index is -4.26. The molecule has 0 unspecified atom stereocenters. The van der Waals surface area contributed by atoms with E-state index in [1.807, 2.05) is 30.3 Å². The maximum atomic E-state index is 13.9. The minimum absolute atomic E-state index is 0.329. The first-order valence-corrected chi connectivity index (χ1v) is 15.8. The molecule has 0 bridgehead atoms. The zero-order valence-corrected chi connectivity index (χ0v) is 22.7. The summed E-state index contributed by atoms with van der Waals surface area (Å²) in [5.74, 6) is 0. The van der Waals surface area contributed by atoms with E-state index in [1.54, 1.807) is 0 Å². The highest BCUT2D eigenvalue weighted by molar-refractivity contribution is 7.89. The number of hydroxylamine groups is 1. The summed E-state index contributed by atoms with van der Waals surface area (Å²) in [6.45, 7) is 13.5. The van der Waals surface area contributed by atoms with Crippen molar-refractivity contribution < 1.29 is 18.2 Å². The molecule has 9 heteroatoms. The molecule has 34 heavy (non-hydrogen) atoms. The number of hydrogen-bond donors (Lipinski definition) is 0. The lowest BCUT2D eigenvalue weighted by Gasteiger charge is -2.45. The van der Waals surface area contributed by atoms with Crippen molar-refractivity contribution in [2.75, 3.05) is 0 Å². The number of nitrogens with zero attached hydrogens (tertiary/aromatic N) is 2. The molecular formula is C25H36N2O5SSi. The smallest absolute Gasteiger partial charge is 0.276 e. The molecule has 0 spiro atoms. The fourth-order valence-corrected chi connectivity index (χ4v) is 14.2. The van der Waals surface area contributed by atoms with Crippen molar-refractivity contribution in [3.05, 3.63) is 70.3 Å².